The number of hydrogen-bond donors (Lipinski definition) is 1. The number of nitrogens with one attached hydrogen (secondary N) is 1. The number of nitro benzene ring substituents is 1. The summed E-state index contributed by atoms with van der Waals surface area (Å²) in [6.45, 7) is 5.98. The summed E-state index contributed by atoms with van der Waals surface area (Å²) in [6.07, 6.45) is 0. The lowest BCUT2D eigenvalue weighted by atomic mass is 10.1. The second-order valence-corrected chi connectivity index (χ2v) is 4.15. The molecular weight excluding hydrogens is 262 g/mol. The van der Waals surface area contributed by atoms with Crippen molar-refractivity contribution in [3.05, 3.63) is 33.9 Å². The quantitative estimate of drug-likeness (QED) is 0.659. The molecule has 0 radical (unpaired) electrons. The van der Waals surface area contributed by atoms with Gasteiger partial charge in [0.2, 0.25) is 5.91 Å². The third-order valence-corrected chi connectivity index (χ3v) is 2.80. The van der Waals surface area contributed by atoms with Crippen LogP contribution in [0.3, 0.4) is 0 Å². The van der Waals surface area contributed by atoms with Gasteiger partial charge in [0.15, 0.2) is 0 Å². The normalized spacial score (nSPS) is 9.95. The molecule has 1 aromatic rings. The average molecular weight is 279 g/mol. The number of nitro groups is 1. The Morgan fingerprint density at radius 3 is 2.35 bits per heavy atom. The summed E-state index contributed by atoms with van der Waals surface area (Å²) in [5.41, 5.74) is 0.0197. The molecular formula is C13H17N3O4. The van der Waals surface area contributed by atoms with E-state index in [0.29, 0.717) is 13.1 Å². The Kier molecular flexibility index (Phi) is 5.19. The van der Waals surface area contributed by atoms with E-state index in [1.165, 1.54) is 25.1 Å². The van der Waals surface area contributed by atoms with Crippen LogP contribution in [-0.4, -0.2) is 34.7 Å². The minimum Gasteiger partial charge on any atom is -0.339 e. The van der Waals surface area contributed by atoms with Crippen molar-refractivity contribution in [2.24, 2.45) is 0 Å². The maximum absolute atomic E-state index is 12.1. The van der Waals surface area contributed by atoms with Crippen LogP contribution in [0.2, 0.25) is 0 Å². The zero-order valence-corrected chi connectivity index (χ0v) is 11.7. The lowest BCUT2D eigenvalue weighted by Gasteiger charge is -2.18. The van der Waals surface area contributed by atoms with E-state index in [1.54, 1.807) is 4.90 Å². The van der Waals surface area contributed by atoms with Gasteiger partial charge < -0.3 is 10.2 Å². The van der Waals surface area contributed by atoms with E-state index in [4.69, 9.17) is 0 Å². The Morgan fingerprint density at radius 1 is 1.30 bits per heavy atom. The maximum Gasteiger partial charge on any atom is 0.293 e. The number of amides is 2. The van der Waals surface area contributed by atoms with Crippen molar-refractivity contribution in [1.29, 1.82) is 0 Å². The average Bonchev–Trinajstić information content (AvgIpc) is 2.39. The molecule has 0 saturated carbocycles. The topological polar surface area (TPSA) is 92.6 Å². The number of anilines is 1. The van der Waals surface area contributed by atoms with Crippen LogP contribution >= 0.6 is 0 Å². The monoisotopic (exact) mass is 279 g/mol. The van der Waals surface area contributed by atoms with Crippen molar-refractivity contribution >= 4 is 23.2 Å². The first-order valence-corrected chi connectivity index (χ1v) is 6.26. The molecule has 0 aliphatic rings. The largest absolute Gasteiger partial charge is 0.339 e. The van der Waals surface area contributed by atoms with Gasteiger partial charge in [0.05, 0.1) is 4.92 Å². The van der Waals surface area contributed by atoms with E-state index in [9.17, 15) is 19.7 Å². The van der Waals surface area contributed by atoms with Gasteiger partial charge in [0, 0.05) is 31.6 Å². The molecule has 7 heteroatoms. The minimum absolute atomic E-state index is 0.0820. The maximum atomic E-state index is 12.1. The molecule has 1 aromatic carbocycles. The molecule has 0 unspecified atom stereocenters. The highest BCUT2D eigenvalue weighted by Crippen LogP contribution is 2.26. The van der Waals surface area contributed by atoms with Gasteiger partial charge in [-0.15, -0.1) is 0 Å². The molecule has 0 aliphatic heterocycles. The molecule has 0 spiro atoms. The Labute approximate surface area is 116 Å². The van der Waals surface area contributed by atoms with E-state index in [2.05, 4.69) is 5.32 Å². The van der Waals surface area contributed by atoms with E-state index in [-0.39, 0.29) is 22.8 Å². The SMILES string of the molecule is CCN(CC)C(=O)c1ccc(NC(C)=O)c([N+](=O)[O-])c1. The standard InChI is InChI=1S/C13H17N3O4/c1-4-15(5-2)13(18)10-6-7-11(14-9(3)17)12(8-10)16(19)20/h6-8H,4-5H2,1-3H3,(H,14,17). The first kappa shape index (κ1) is 15.6. The van der Waals surface area contributed by atoms with Crippen LogP contribution in [-0.2, 0) is 4.79 Å². The highest BCUT2D eigenvalue weighted by molar-refractivity contribution is 5.97. The van der Waals surface area contributed by atoms with E-state index >= 15 is 0 Å². The molecule has 0 saturated heterocycles. The van der Waals surface area contributed by atoms with Crippen LogP contribution < -0.4 is 5.32 Å². The molecule has 0 bridgehead atoms. The van der Waals surface area contributed by atoms with Crippen LogP contribution in [0.25, 0.3) is 0 Å². The van der Waals surface area contributed by atoms with Crippen LogP contribution in [0.5, 0.6) is 0 Å². The molecule has 0 heterocycles. The molecule has 2 amide bonds. The summed E-state index contributed by atoms with van der Waals surface area (Å²) in [6, 6.07) is 4.03. The lowest BCUT2D eigenvalue weighted by molar-refractivity contribution is -0.384. The third-order valence-electron chi connectivity index (χ3n) is 2.80. The fraction of sp³-hybridized carbons (Fsp3) is 0.385. The molecule has 1 rings (SSSR count). The van der Waals surface area contributed by atoms with Gasteiger partial charge in [-0.2, -0.15) is 0 Å². The first-order chi connectivity index (χ1) is 9.40. The number of hydrogen-bond acceptors (Lipinski definition) is 4. The molecule has 0 aliphatic carbocycles. The van der Waals surface area contributed by atoms with Crippen LogP contribution in [0.4, 0.5) is 11.4 Å². The second kappa shape index (κ2) is 6.65. The van der Waals surface area contributed by atoms with Crippen LogP contribution in [0.15, 0.2) is 18.2 Å². The summed E-state index contributed by atoms with van der Waals surface area (Å²) in [7, 11) is 0. The molecule has 1 N–H and O–H groups in total. The highest BCUT2D eigenvalue weighted by Gasteiger charge is 2.20. The Balaban J connectivity index is 3.19. The van der Waals surface area contributed by atoms with Crippen molar-refractivity contribution < 1.29 is 14.5 Å². The van der Waals surface area contributed by atoms with Gasteiger partial charge in [0.1, 0.15) is 5.69 Å². The van der Waals surface area contributed by atoms with Crippen molar-refractivity contribution in [2.75, 3.05) is 18.4 Å². The van der Waals surface area contributed by atoms with Crippen molar-refractivity contribution in [1.82, 2.24) is 4.90 Å². The van der Waals surface area contributed by atoms with E-state index < -0.39 is 10.8 Å². The third kappa shape index (κ3) is 3.53. The van der Waals surface area contributed by atoms with E-state index in [1.807, 2.05) is 13.8 Å². The zero-order valence-electron chi connectivity index (χ0n) is 11.7. The van der Waals surface area contributed by atoms with Gasteiger partial charge in [-0.25, -0.2) is 0 Å². The predicted octanol–water partition coefficient (Wildman–Crippen LogP) is 2.04. The fourth-order valence-corrected chi connectivity index (χ4v) is 1.80. The number of carbonyl (C=O) groups excluding carboxylic acids is 2. The number of rotatable bonds is 5. The van der Waals surface area contributed by atoms with Gasteiger partial charge >= 0.3 is 0 Å². The summed E-state index contributed by atoms with van der Waals surface area (Å²) in [5, 5.41) is 13.4. The van der Waals surface area contributed by atoms with Gasteiger partial charge in [-0.1, -0.05) is 0 Å². The fourth-order valence-electron chi connectivity index (χ4n) is 1.80. The summed E-state index contributed by atoms with van der Waals surface area (Å²) < 4.78 is 0. The molecule has 20 heavy (non-hydrogen) atoms. The molecule has 0 aromatic heterocycles. The number of carbonyl (C=O) groups is 2. The van der Waals surface area contributed by atoms with Crippen molar-refractivity contribution in [3.63, 3.8) is 0 Å². The lowest BCUT2D eigenvalue weighted by Crippen LogP contribution is -2.30. The highest BCUT2D eigenvalue weighted by atomic mass is 16.6. The Bertz CT molecular complexity index is 538. The molecule has 0 fully saturated rings. The predicted molar refractivity (Wildman–Crippen MR) is 74.7 cm³/mol. The second-order valence-electron chi connectivity index (χ2n) is 4.15. The Hall–Kier alpha value is -2.44. The summed E-state index contributed by atoms with van der Waals surface area (Å²) >= 11 is 0. The smallest absolute Gasteiger partial charge is 0.293 e. The van der Waals surface area contributed by atoms with Gasteiger partial charge in [-0.05, 0) is 26.0 Å². The molecule has 108 valence electrons. The number of nitrogens with zero attached hydrogens (tertiary/aromatic N) is 2. The first-order valence-electron chi connectivity index (χ1n) is 6.26. The summed E-state index contributed by atoms with van der Waals surface area (Å²) in [5.74, 6) is -0.677. The van der Waals surface area contributed by atoms with Crippen LogP contribution in [0, 0.1) is 10.1 Å². The van der Waals surface area contributed by atoms with Crippen LogP contribution in [0.1, 0.15) is 31.1 Å². The zero-order chi connectivity index (χ0) is 15.3. The van der Waals surface area contributed by atoms with Gasteiger partial charge in [0.25, 0.3) is 11.6 Å². The minimum atomic E-state index is -0.621. The van der Waals surface area contributed by atoms with Crippen molar-refractivity contribution in [3.8, 4) is 0 Å². The molecule has 0 atom stereocenters. The molecule has 7 nitrogen and oxygen atoms in total. The number of benzene rings is 1. The van der Waals surface area contributed by atoms with E-state index in [0.717, 1.165) is 0 Å². The Morgan fingerprint density at radius 2 is 1.90 bits per heavy atom. The van der Waals surface area contributed by atoms with Crippen molar-refractivity contribution in [2.45, 2.75) is 20.8 Å². The van der Waals surface area contributed by atoms with Gasteiger partial charge in [-0.3, -0.25) is 19.7 Å². The summed E-state index contributed by atoms with van der Waals surface area (Å²) in [4.78, 5) is 35.1.